The molecule has 0 saturated heterocycles. The van der Waals surface area contributed by atoms with Gasteiger partial charge in [0.05, 0.1) is 5.56 Å². The van der Waals surface area contributed by atoms with Crippen molar-refractivity contribution in [3.63, 3.8) is 0 Å². The molecular formula is C12H16F3N. The Morgan fingerprint density at radius 3 is 2.31 bits per heavy atom. The predicted molar refractivity (Wildman–Crippen MR) is 59.6 cm³/mol. The fourth-order valence-corrected chi connectivity index (χ4v) is 1.71. The first-order valence-corrected chi connectivity index (χ1v) is 5.30. The van der Waals surface area contributed by atoms with Crippen molar-refractivity contribution in [2.24, 2.45) is 0 Å². The number of nitrogens with zero attached hydrogens (tertiary/aromatic N) is 1. The number of alkyl halides is 3. The van der Waals surface area contributed by atoms with Gasteiger partial charge in [0.15, 0.2) is 0 Å². The average Bonchev–Trinajstić information content (AvgIpc) is 2.17. The maximum Gasteiger partial charge on any atom is 0.416 e. The number of anilines is 1. The number of benzene rings is 1. The lowest BCUT2D eigenvalue weighted by Gasteiger charge is -2.28. The summed E-state index contributed by atoms with van der Waals surface area (Å²) in [6.45, 7) is 6.55. The highest BCUT2D eigenvalue weighted by atomic mass is 19.4. The smallest absolute Gasteiger partial charge is 0.369 e. The van der Waals surface area contributed by atoms with Crippen LogP contribution in [0.1, 0.15) is 26.3 Å². The second kappa shape index (κ2) is 4.76. The first kappa shape index (κ1) is 12.9. The fraction of sp³-hybridized carbons (Fsp3) is 0.500. The molecule has 0 aromatic heterocycles. The summed E-state index contributed by atoms with van der Waals surface area (Å²) in [7, 11) is 0. The van der Waals surface area contributed by atoms with Crippen LogP contribution in [0.4, 0.5) is 18.9 Å². The highest BCUT2D eigenvalue weighted by Gasteiger charge is 2.30. The van der Waals surface area contributed by atoms with Crippen LogP contribution in [-0.2, 0) is 6.18 Å². The van der Waals surface area contributed by atoms with Crippen molar-refractivity contribution >= 4 is 5.69 Å². The maximum atomic E-state index is 12.5. The van der Waals surface area contributed by atoms with Gasteiger partial charge < -0.3 is 4.90 Å². The van der Waals surface area contributed by atoms with Crippen LogP contribution in [0.3, 0.4) is 0 Å². The summed E-state index contributed by atoms with van der Waals surface area (Å²) in [5, 5.41) is 0. The normalized spacial score (nSPS) is 11.9. The zero-order chi connectivity index (χ0) is 12.3. The molecule has 0 N–H and O–H groups in total. The molecule has 0 saturated carbocycles. The van der Waals surface area contributed by atoms with E-state index in [0.717, 1.165) is 6.07 Å². The Hall–Kier alpha value is -1.19. The van der Waals surface area contributed by atoms with Crippen molar-refractivity contribution in [3.8, 4) is 0 Å². The molecule has 0 unspecified atom stereocenters. The third kappa shape index (κ3) is 2.90. The molecule has 1 aromatic carbocycles. The molecule has 0 atom stereocenters. The second-order valence-electron chi connectivity index (χ2n) is 3.93. The molecule has 0 fully saturated rings. The maximum absolute atomic E-state index is 12.5. The van der Waals surface area contributed by atoms with E-state index in [1.54, 1.807) is 6.07 Å². The summed E-state index contributed by atoms with van der Waals surface area (Å²) in [5.41, 5.74) is 0.0245. The average molecular weight is 231 g/mol. The predicted octanol–water partition coefficient (Wildman–Crippen LogP) is 3.94. The molecule has 0 radical (unpaired) electrons. The van der Waals surface area contributed by atoms with Crippen LogP contribution in [0.25, 0.3) is 0 Å². The molecule has 0 bridgehead atoms. The third-order valence-electron chi connectivity index (χ3n) is 2.47. The molecule has 16 heavy (non-hydrogen) atoms. The summed E-state index contributed by atoms with van der Waals surface area (Å²) >= 11 is 0. The minimum atomic E-state index is -4.27. The van der Waals surface area contributed by atoms with E-state index in [1.807, 2.05) is 25.7 Å². The van der Waals surface area contributed by atoms with Crippen molar-refractivity contribution in [2.75, 3.05) is 11.4 Å². The van der Waals surface area contributed by atoms with Gasteiger partial charge >= 0.3 is 6.18 Å². The lowest BCUT2D eigenvalue weighted by molar-refractivity contribution is -0.137. The van der Waals surface area contributed by atoms with Crippen molar-refractivity contribution in [1.82, 2.24) is 0 Å². The summed E-state index contributed by atoms with van der Waals surface area (Å²) < 4.78 is 37.6. The number of hydrogen-bond acceptors (Lipinski definition) is 1. The molecule has 1 nitrogen and oxygen atoms in total. The van der Waals surface area contributed by atoms with Gasteiger partial charge in [-0.3, -0.25) is 0 Å². The topological polar surface area (TPSA) is 3.24 Å². The van der Waals surface area contributed by atoms with Crippen LogP contribution < -0.4 is 4.90 Å². The van der Waals surface area contributed by atoms with Crippen molar-refractivity contribution in [1.29, 1.82) is 0 Å². The minimum absolute atomic E-state index is 0.188. The minimum Gasteiger partial charge on any atom is -0.369 e. The van der Waals surface area contributed by atoms with E-state index in [9.17, 15) is 13.2 Å². The molecule has 4 heteroatoms. The standard InChI is InChI=1S/C12H16F3N/c1-4-16(9(2)3)11-7-5-6-10(8-11)12(13,14)15/h5-9H,4H2,1-3H3. The van der Waals surface area contributed by atoms with Crippen LogP contribution in [-0.4, -0.2) is 12.6 Å². The Morgan fingerprint density at radius 2 is 1.88 bits per heavy atom. The van der Waals surface area contributed by atoms with Gasteiger partial charge in [-0.15, -0.1) is 0 Å². The Kier molecular flexibility index (Phi) is 3.83. The van der Waals surface area contributed by atoms with Crippen LogP contribution in [0.15, 0.2) is 24.3 Å². The van der Waals surface area contributed by atoms with E-state index in [2.05, 4.69) is 0 Å². The lowest BCUT2D eigenvalue weighted by atomic mass is 10.1. The first-order chi connectivity index (χ1) is 7.36. The van der Waals surface area contributed by atoms with Gasteiger partial charge in [0.1, 0.15) is 0 Å². The lowest BCUT2D eigenvalue weighted by Crippen LogP contribution is -2.30. The van der Waals surface area contributed by atoms with Crippen molar-refractivity contribution in [2.45, 2.75) is 33.0 Å². The molecule has 0 aliphatic heterocycles. The first-order valence-electron chi connectivity index (χ1n) is 5.30. The summed E-state index contributed by atoms with van der Waals surface area (Å²) in [6.07, 6.45) is -4.27. The Balaban J connectivity index is 3.07. The molecule has 0 spiro atoms. The molecular weight excluding hydrogens is 215 g/mol. The Morgan fingerprint density at radius 1 is 1.25 bits per heavy atom. The summed E-state index contributed by atoms with van der Waals surface area (Å²) in [4.78, 5) is 1.93. The molecule has 0 aliphatic rings. The Labute approximate surface area is 93.9 Å². The van der Waals surface area contributed by atoms with E-state index < -0.39 is 11.7 Å². The summed E-state index contributed by atoms with van der Waals surface area (Å²) in [6, 6.07) is 5.64. The van der Waals surface area contributed by atoms with Gasteiger partial charge in [-0.25, -0.2) is 0 Å². The quantitative estimate of drug-likeness (QED) is 0.761. The van der Waals surface area contributed by atoms with E-state index >= 15 is 0 Å². The van der Waals surface area contributed by atoms with Crippen molar-refractivity contribution in [3.05, 3.63) is 29.8 Å². The molecule has 1 rings (SSSR count). The number of rotatable bonds is 3. The van der Waals surface area contributed by atoms with Gasteiger partial charge in [-0.05, 0) is 39.0 Å². The largest absolute Gasteiger partial charge is 0.416 e. The molecule has 90 valence electrons. The molecule has 1 aromatic rings. The van der Waals surface area contributed by atoms with Gasteiger partial charge in [-0.1, -0.05) is 6.07 Å². The van der Waals surface area contributed by atoms with Gasteiger partial charge in [0.2, 0.25) is 0 Å². The zero-order valence-electron chi connectivity index (χ0n) is 9.67. The highest BCUT2D eigenvalue weighted by Crippen LogP contribution is 2.31. The van der Waals surface area contributed by atoms with E-state index in [1.165, 1.54) is 12.1 Å². The zero-order valence-corrected chi connectivity index (χ0v) is 9.67. The van der Waals surface area contributed by atoms with E-state index in [4.69, 9.17) is 0 Å². The van der Waals surface area contributed by atoms with E-state index in [-0.39, 0.29) is 6.04 Å². The van der Waals surface area contributed by atoms with E-state index in [0.29, 0.717) is 12.2 Å². The summed E-state index contributed by atoms with van der Waals surface area (Å²) in [5.74, 6) is 0. The second-order valence-corrected chi connectivity index (χ2v) is 3.93. The molecule has 0 aliphatic carbocycles. The monoisotopic (exact) mass is 231 g/mol. The molecule has 0 amide bonds. The highest BCUT2D eigenvalue weighted by molar-refractivity contribution is 5.49. The van der Waals surface area contributed by atoms with Crippen LogP contribution in [0.2, 0.25) is 0 Å². The van der Waals surface area contributed by atoms with Crippen LogP contribution in [0.5, 0.6) is 0 Å². The Bertz CT molecular complexity index is 344. The van der Waals surface area contributed by atoms with Gasteiger partial charge in [0, 0.05) is 18.3 Å². The van der Waals surface area contributed by atoms with Gasteiger partial charge in [-0.2, -0.15) is 13.2 Å². The number of hydrogen-bond donors (Lipinski definition) is 0. The number of halogens is 3. The van der Waals surface area contributed by atoms with Crippen molar-refractivity contribution < 1.29 is 13.2 Å². The van der Waals surface area contributed by atoms with Gasteiger partial charge in [0.25, 0.3) is 0 Å². The van der Waals surface area contributed by atoms with Crippen LogP contribution >= 0.6 is 0 Å². The SMILES string of the molecule is CCN(c1cccc(C(F)(F)F)c1)C(C)C. The molecule has 0 heterocycles. The fourth-order valence-electron chi connectivity index (χ4n) is 1.71. The third-order valence-corrected chi connectivity index (χ3v) is 2.47. The van der Waals surface area contributed by atoms with Crippen LogP contribution in [0, 0.1) is 0 Å².